The highest BCUT2D eigenvalue weighted by atomic mass is 16.6. The van der Waals surface area contributed by atoms with Crippen LogP contribution in [0.5, 0.6) is 0 Å². The fourth-order valence-electron chi connectivity index (χ4n) is 1.79. The van der Waals surface area contributed by atoms with E-state index in [2.05, 4.69) is 16.4 Å². The monoisotopic (exact) mass is 262 g/mol. The number of hydroxylamine groups is 1. The van der Waals surface area contributed by atoms with E-state index in [4.69, 9.17) is 11.3 Å². The summed E-state index contributed by atoms with van der Waals surface area (Å²) in [5.41, 5.74) is 3.61. The molecule has 0 unspecified atom stereocenters. The minimum absolute atomic E-state index is 0.0395. The second kappa shape index (κ2) is 7.39. The molecule has 0 aliphatic rings. The number of carbonyl (C=O) groups is 1. The lowest BCUT2D eigenvalue weighted by Crippen LogP contribution is -2.30. The second-order valence-electron chi connectivity index (χ2n) is 4.04. The Bertz CT molecular complexity index is 541. The Labute approximate surface area is 112 Å². The summed E-state index contributed by atoms with van der Waals surface area (Å²) >= 11 is 0. The third-order valence-corrected chi connectivity index (χ3v) is 2.65. The standard InChI is InChI=1S/C14H18N2O3/c1-4-7-10-9-11(13(17)15-12(10)6-3)14(18)16-19-8-5-2/h2,9H,4,6-8H2,1,3H3,(H,15,17)(H,16,18). The van der Waals surface area contributed by atoms with Gasteiger partial charge in [0.15, 0.2) is 0 Å². The van der Waals surface area contributed by atoms with Gasteiger partial charge in [-0.3, -0.25) is 14.4 Å². The smallest absolute Gasteiger partial charge is 0.280 e. The number of rotatable bonds is 6. The van der Waals surface area contributed by atoms with Crippen LogP contribution in [0.15, 0.2) is 10.9 Å². The van der Waals surface area contributed by atoms with Gasteiger partial charge in [-0.15, -0.1) is 6.42 Å². The van der Waals surface area contributed by atoms with Crippen LogP contribution < -0.4 is 11.0 Å². The predicted molar refractivity (Wildman–Crippen MR) is 72.7 cm³/mol. The van der Waals surface area contributed by atoms with E-state index >= 15 is 0 Å². The molecule has 102 valence electrons. The maximum atomic E-state index is 11.8. The molecule has 19 heavy (non-hydrogen) atoms. The molecule has 0 spiro atoms. The molecule has 1 aromatic rings. The third-order valence-electron chi connectivity index (χ3n) is 2.65. The first-order valence-electron chi connectivity index (χ1n) is 6.24. The zero-order valence-corrected chi connectivity index (χ0v) is 11.2. The Morgan fingerprint density at radius 3 is 2.84 bits per heavy atom. The number of amides is 1. The van der Waals surface area contributed by atoms with Crippen molar-refractivity contribution in [3.63, 3.8) is 0 Å². The summed E-state index contributed by atoms with van der Waals surface area (Å²) in [6.45, 7) is 3.96. The molecule has 0 aliphatic heterocycles. The largest absolute Gasteiger partial charge is 0.325 e. The van der Waals surface area contributed by atoms with Crippen LogP contribution in [0.1, 0.15) is 41.9 Å². The van der Waals surface area contributed by atoms with Crippen LogP contribution in [-0.2, 0) is 17.7 Å². The lowest BCUT2D eigenvalue weighted by atomic mass is 10.0. The molecule has 5 heteroatoms. The summed E-state index contributed by atoms with van der Waals surface area (Å²) in [6, 6.07) is 1.62. The average Bonchev–Trinajstić information content (AvgIpc) is 2.40. The summed E-state index contributed by atoms with van der Waals surface area (Å²) in [7, 11) is 0. The zero-order chi connectivity index (χ0) is 14.3. The maximum Gasteiger partial charge on any atom is 0.280 e. The number of aromatic nitrogens is 1. The molecule has 0 fully saturated rings. The molecule has 0 saturated heterocycles. The van der Waals surface area contributed by atoms with Crippen molar-refractivity contribution < 1.29 is 9.63 Å². The van der Waals surface area contributed by atoms with Crippen LogP contribution >= 0.6 is 0 Å². The van der Waals surface area contributed by atoms with Crippen molar-refractivity contribution in [2.45, 2.75) is 33.1 Å². The first kappa shape index (κ1) is 15.0. The van der Waals surface area contributed by atoms with E-state index in [0.717, 1.165) is 30.5 Å². The van der Waals surface area contributed by atoms with Gasteiger partial charge in [0.2, 0.25) is 0 Å². The molecule has 5 nitrogen and oxygen atoms in total. The lowest BCUT2D eigenvalue weighted by Gasteiger charge is -2.09. The van der Waals surface area contributed by atoms with E-state index in [1.165, 1.54) is 0 Å². The fourth-order valence-corrected chi connectivity index (χ4v) is 1.79. The molecule has 1 aromatic heterocycles. The van der Waals surface area contributed by atoms with Crippen LogP contribution in [0, 0.1) is 12.3 Å². The highest BCUT2D eigenvalue weighted by Gasteiger charge is 2.13. The summed E-state index contributed by atoms with van der Waals surface area (Å²) in [5.74, 6) is 1.63. The molecule has 1 heterocycles. The van der Waals surface area contributed by atoms with E-state index in [9.17, 15) is 9.59 Å². The molecular formula is C14H18N2O3. The van der Waals surface area contributed by atoms with Crippen molar-refractivity contribution in [1.82, 2.24) is 10.5 Å². The number of terminal acetylenes is 1. The summed E-state index contributed by atoms with van der Waals surface area (Å²) in [6.07, 6.45) is 7.46. The van der Waals surface area contributed by atoms with E-state index in [1.54, 1.807) is 6.07 Å². The lowest BCUT2D eigenvalue weighted by molar-refractivity contribution is 0.0436. The molecule has 1 amide bonds. The molecule has 1 rings (SSSR count). The molecular weight excluding hydrogens is 244 g/mol. The van der Waals surface area contributed by atoms with Gasteiger partial charge in [0, 0.05) is 5.69 Å². The highest BCUT2D eigenvalue weighted by molar-refractivity contribution is 5.93. The van der Waals surface area contributed by atoms with Gasteiger partial charge >= 0.3 is 0 Å². The Balaban J connectivity index is 3.01. The van der Waals surface area contributed by atoms with Crippen molar-refractivity contribution in [2.75, 3.05) is 6.61 Å². The van der Waals surface area contributed by atoms with Crippen LogP contribution in [0.3, 0.4) is 0 Å². The van der Waals surface area contributed by atoms with E-state index in [0.29, 0.717) is 0 Å². The number of H-pyrrole nitrogens is 1. The first-order valence-corrected chi connectivity index (χ1v) is 6.24. The Morgan fingerprint density at radius 1 is 1.53 bits per heavy atom. The molecule has 0 radical (unpaired) electrons. The minimum Gasteiger partial charge on any atom is -0.325 e. The number of aromatic amines is 1. The number of pyridine rings is 1. The normalized spacial score (nSPS) is 9.95. The average molecular weight is 262 g/mol. The number of nitrogens with one attached hydrogen (secondary N) is 2. The molecule has 0 aromatic carbocycles. The van der Waals surface area contributed by atoms with Gasteiger partial charge in [0.1, 0.15) is 12.2 Å². The molecule has 0 bridgehead atoms. The molecule has 2 N–H and O–H groups in total. The Kier molecular flexibility index (Phi) is 5.83. The number of hydrogen-bond donors (Lipinski definition) is 2. The SMILES string of the molecule is C#CCONC(=O)c1cc(CCC)c(CC)[nH]c1=O. The zero-order valence-electron chi connectivity index (χ0n) is 11.2. The van der Waals surface area contributed by atoms with Crippen LogP contribution in [0.2, 0.25) is 0 Å². The van der Waals surface area contributed by atoms with E-state index in [1.807, 2.05) is 13.8 Å². The first-order chi connectivity index (χ1) is 9.13. The minimum atomic E-state index is -0.587. The number of carbonyl (C=O) groups excluding carboxylic acids is 1. The highest BCUT2D eigenvalue weighted by Crippen LogP contribution is 2.09. The van der Waals surface area contributed by atoms with Crippen molar-refractivity contribution in [1.29, 1.82) is 0 Å². The molecule has 0 atom stereocenters. The number of hydrogen-bond acceptors (Lipinski definition) is 3. The quantitative estimate of drug-likeness (QED) is 0.459. The predicted octanol–water partition coefficient (Wildman–Crippen LogP) is 1.18. The van der Waals surface area contributed by atoms with Crippen molar-refractivity contribution >= 4 is 5.91 Å². The third kappa shape index (κ3) is 3.97. The molecule has 0 aliphatic carbocycles. The van der Waals surface area contributed by atoms with Crippen LogP contribution in [-0.4, -0.2) is 17.5 Å². The van der Waals surface area contributed by atoms with Crippen LogP contribution in [0.4, 0.5) is 0 Å². The van der Waals surface area contributed by atoms with Gasteiger partial charge in [0.05, 0.1) is 0 Å². The summed E-state index contributed by atoms with van der Waals surface area (Å²) in [4.78, 5) is 31.0. The Hall–Kier alpha value is -2.06. The Morgan fingerprint density at radius 2 is 2.26 bits per heavy atom. The van der Waals surface area contributed by atoms with Crippen molar-refractivity contribution in [3.8, 4) is 12.3 Å². The summed E-state index contributed by atoms with van der Waals surface area (Å²) < 4.78 is 0. The van der Waals surface area contributed by atoms with Gasteiger partial charge in [-0.1, -0.05) is 26.2 Å². The maximum absolute atomic E-state index is 11.8. The van der Waals surface area contributed by atoms with E-state index in [-0.39, 0.29) is 12.2 Å². The van der Waals surface area contributed by atoms with Crippen molar-refractivity contribution in [2.24, 2.45) is 0 Å². The van der Waals surface area contributed by atoms with Gasteiger partial charge in [-0.25, -0.2) is 5.48 Å². The topological polar surface area (TPSA) is 71.2 Å². The second-order valence-corrected chi connectivity index (χ2v) is 4.04. The fraction of sp³-hybridized carbons (Fsp3) is 0.429. The van der Waals surface area contributed by atoms with E-state index < -0.39 is 11.5 Å². The molecule has 0 saturated carbocycles. The van der Waals surface area contributed by atoms with Gasteiger partial charge in [-0.05, 0) is 24.5 Å². The van der Waals surface area contributed by atoms with Gasteiger partial charge < -0.3 is 4.98 Å². The van der Waals surface area contributed by atoms with Crippen LogP contribution in [0.25, 0.3) is 0 Å². The summed E-state index contributed by atoms with van der Waals surface area (Å²) in [5, 5.41) is 0. The van der Waals surface area contributed by atoms with Crippen molar-refractivity contribution in [3.05, 3.63) is 33.2 Å². The number of aryl methyl sites for hydroxylation is 2. The van der Waals surface area contributed by atoms with Gasteiger partial charge in [0.25, 0.3) is 11.5 Å². The van der Waals surface area contributed by atoms with Gasteiger partial charge in [-0.2, -0.15) is 0 Å².